The second-order valence-corrected chi connectivity index (χ2v) is 9.53. The third-order valence-electron chi connectivity index (χ3n) is 5.10. The number of anilines is 1. The van der Waals surface area contributed by atoms with Crippen molar-refractivity contribution in [1.82, 2.24) is 14.3 Å². The van der Waals surface area contributed by atoms with E-state index in [1.165, 1.54) is 34.9 Å². The van der Waals surface area contributed by atoms with Gasteiger partial charge in [-0.15, -0.1) is 0 Å². The lowest BCUT2D eigenvalue weighted by molar-refractivity contribution is -0.192. The monoisotopic (exact) mass is 528 g/mol. The van der Waals surface area contributed by atoms with Crippen molar-refractivity contribution in [3.63, 3.8) is 0 Å². The molecule has 14 heteroatoms. The fraction of sp³-hybridized carbons (Fsp3) is 0.227. The number of hydrogen-bond acceptors (Lipinski definition) is 7. The van der Waals surface area contributed by atoms with Crippen LogP contribution in [0.15, 0.2) is 59.8 Å². The summed E-state index contributed by atoms with van der Waals surface area (Å²) in [7, 11) is -3.82. The van der Waals surface area contributed by atoms with E-state index in [9.17, 15) is 31.1 Å². The molecule has 1 aliphatic rings. The number of carboxylic acids is 1. The number of sulfonamides is 1. The lowest BCUT2D eigenvalue weighted by Crippen LogP contribution is -2.30. The number of halogens is 4. The molecule has 9 nitrogen and oxygen atoms in total. The fourth-order valence-corrected chi connectivity index (χ4v) is 5.07. The number of aliphatic hydroxyl groups is 1. The van der Waals surface area contributed by atoms with Gasteiger partial charge < -0.3 is 15.9 Å². The Morgan fingerprint density at radius 1 is 1.08 bits per heavy atom. The molecule has 0 aliphatic carbocycles. The van der Waals surface area contributed by atoms with Crippen LogP contribution >= 0.6 is 0 Å². The fourth-order valence-electron chi connectivity index (χ4n) is 3.37. The zero-order chi connectivity index (χ0) is 26.7. The van der Waals surface area contributed by atoms with E-state index in [1.807, 2.05) is 0 Å². The number of nitrogens with zero attached hydrogens (tertiary/aromatic N) is 3. The van der Waals surface area contributed by atoms with Gasteiger partial charge in [0, 0.05) is 24.2 Å². The molecule has 1 aromatic heterocycles. The number of rotatable bonds is 4. The van der Waals surface area contributed by atoms with Crippen LogP contribution in [0.3, 0.4) is 0 Å². The molecule has 0 amide bonds. The number of β-amino-alcohol motifs (C(OH)–C–C–N with tert-alkyl or cyclic N) is 1. The van der Waals surface area contributed by atoms with Crippen LogP contribution in [0, 0.1) is 5.82 Å². The Morgan fingerprint density at radius 2 is 1.75 bits per heavy atom. The molecule has 4 rings (SSSR count). The summed E-state index contributed by atoms with van der Waals surface area (Å²) < 4.78 is 73.9. The van der Waals surface area contributed by atoms with Crippen molar-refractivity contribution >= 4 is 21.8 Å². The van der Waals surface area contributed by atoms with Gasteiger partial charge in [-0.2, -0.15) is 17.5 Å². The third-order valence-corrected chi connectivity index (χ3v) is 7.02. The highest BCUT2D eigenvalue weighted by Crippen LogP contribution is 2.33. The molecule has 36 heavy (non-hydrogen) atoms. The van der Waals surface area contributed by atoms with E-state index in [0.717, 1.165) is 0 Å². The number of aliphatic carboxylic acids is 1. The SMILES string of the molecule is Nc1cnc(-c2ccc(-c3ccccc3S(=O)(=O)N3CC[C@@H](O)C3)cc2F)cn1.O=C(O)C(F)(F)F. The maximum atomic E-state index is 14.8. The van der Waals surface area contributed by atoms with Crippen molar-refractivity contribution in [1.29, 1.82) is 0 Å². The lowest BCUT2D eigenvalue weighted by Gasteiger charge is -2.18. The Hall–Kier alpha value is -3.62. The molecule has 1 aliphatic heterocycles. The Labute approximate surface area is 202 Å². The number of carbonyl (C=O) groups is 1. The Morgan fingerprint density at radius 3 is 2.28 bits per heavy atom. The molecule has 3 aromatic rings. The number of carboxylic acid groups (broad SMARTS) is 1. The van der Waals surface area contributed by atoms with Gasteiger partial charge in [0.25, 0.3) is 0 Å². The van der Waals surface area contributed by atoms with E-state index >= 15 is 0 Å². The zero-order valence-electron chi connectivity index (χ0n) is 18.4. The molecule has 1 saturated heterocycles. The van der Waals surface area contributed by atoms with Crippen molar-refractivity contribution in [3.8, 4) is 22.4 Å². The minimum Gasteiger partial charge on any atom is -0.475 e. The first-order chi connectivity index (χ1) is 16.8. The first-order valence-corrected chi connectivity index (χ1v) is 11.7. The van der Waals surface area contributed by atoms with E-state index in [0.29, 0.717) is 23.2 Å². The summed E-state index contributed by atoms with van der Waals surface area (Å²) in [5.41, 5.74) is 6.90. The van der Waals surface area contributed by atoms with Gasteiger partial charge in [-0.1, -0.05) is 24.3 Å². The van der Waals surface area contributed by atoms with Gasteiger partial charge in [0.05, 0.1) is 29.1 Å². The van der Waals surface area contributed by atoms with E-state index in [1.54, 1.807) is 24.3 Å². The van der Waals surface area contributed by atoms with Gasteiger partial charge in [0.15, 0.2) is 0 Å². The molecular weight excluding hydrogens is 508 g/mol. The zero-order valence-corrected chi connectivity index (χ0v) is 19.2. The first kappa shape index (κ1) is 27.0. The number of aromatic nitrogens is 2. The standard InChI is InChI=1S/C20H19FN4O3S.C2HF3O2/c21-17-9-13(5-6-16(17)18-10-24-20(22)11-23-18)15-3-1-2-4-19(15)29(27,28)25-8-7-14(26)12-25;3-2(4,5)1(6)7/h1-6,9-11,14,26H,7-8,12H2,(H2,22,24);(H,6,7)/t14-;/m1./s1. The molecule has 2 aromatic carbocycles. The molecule has 0 bridgehead atoms. The van der Waals surface area contributed by atoms with Crippen molar-refractivity contribution < 1.29 is 41.0 Å². The van der Waals surface area contributed by atoms with Gasteiger partial charge in [-0.25, -0.2) is 22.6 Å². The molecule has 0 saturated carbocycles. The Balaban J connectivity index is 0.000000454. The average Bonchev–Trinajstić information content (AvgIpc) is 3.27. The van der Waals surface area contributed by atoms with Crippen LogP contribution in [0.25, 0.3) is 22.4 Å². The first-order valence-electron chi connectivity index (χ1n) is 10.3. The van der Waals surface area contributed by atoms with Crippen molar-refractivity contribution in [2.24, 2.45) is 0 Å². The molecule has 0 spiro atoms. The van der Waals surface area contributed by atoms with Gasteiger partial charge >= 0.3 is 12.1 Å². The molecule has 4 N–H and O–H groups in total. The van der Waals surface area contributed by atoms with Gasteiger partial charge in [-0.3, -0.25) is 4.98 Å². The summed E-state index contributed by atoms with van der Waals surface area (Å²) in [6.45, 7) is 0.306. The quantitative estimate of drug-likeness (QED) is 0.438. The van der Waals surface area contributed by atoms with Gasteiger partial charge in [0.2, 0.25) is 10.0 Å². The maximum absolute atomic E-state index is 14.8. The summed E-state index contributed by atoms with van der Waals surface area (Å²) in [5.74, 6) is -3.07. The summed E-state index contributed by atoms with van der Waals surface area (Å²) in [4.78, 5) is 17.0. The Bertz CT molecular complexity index is 1350. The molecular formula is C22H20F4N4O5S. The van der Waals surface area contributed by atoms with Crippen LogP contribution in [0.1, 0.15) is 6.42 Å². The molecule has 2 heterocycles. The molecule has 1 atom stereocenters. The van der Waals surface area contributed by atoms with E-state index in [4.69, 9.17) is 15.6 Å². The van der Waals surface area contributed by atoms with Crippen molar-refractivity contribution in [2.75, 3.05) is 18.8 Å². The van der Waals surface area contributed by atoms with Crippen LogP contribution in [0.2, 0.25) is 0 Å². The molecule has 1 fully saturated rings. The number of hydrogen-bond donors (Lipinski definition) is 3. The maximum Gasteiger partial charge on any atom is 0.490 e. The second kappa shape index (κ2) is 10.6. The highest BCUT2D eigenvalue weighted by atomic mass is 32.2. The molecule has 0 radical (unpaired) electrons. The largest absolute Gasteiger partial charge is 0.490 e. The number of benzene rings is 2. The van der Waals surface area contributed by atoms with Crippen molar-refractivity contribution in [2.45, 2.75) is 23.6 Å². The lowest BCUT2D eigenvalue weighted by atomic mass is 10.0. The van der Waals surface area contributed by atoms with Crippen LogP contribution < -0.4 is 5.73 Å². The predicted molar refractivity (Wildman–Crippen MR) is 120 cm³/mol. The highest BCUT2D eigenvalue weighted by Gasteiger charge is 2.38. The summed E-state index contributed by atoms with van der Waals surface area (Å²) in [6.07, 6.45) is -2.64. The normalized spacial score (nSPS) is 16.3. The number of aliphatic hydroxyl groups excluding tert-OH is 1. The van der Waals surface area contributed by atoms with Crippen molar-refractivity contribution in [3.05, 3.63) is 60.7 Å². The van der Waals surface area contributed by atoms with Crippen LogP contribution in [0.5, 0.6) is 0 Å². The smallest absolute Gasteiger partial charge is 0.475 e. The summed E-state index contributed by atoms with van der Waals surface area (Å²) in [5, 5.41) is 16.8. The van der Waals surface area contributed by atoms with Gasteiger partial charge in [0.1, 0.15) is 11.6 Å². The minimum absolute atomic E-state index is 0.0553. The second-order valence-electron chi connectivity index (χ2n) is 7.63. The summed E-state index contributed by atoms with van der Waals surface area (Å²) >= 11 is 0. The summed E-state index contributed by atoms with van der Waals surface area (Å²) in [6, 6.07) is 10.9. The third kappa shape index (κ3) is 6.13. The highest BCUT2D eigenvalue weighted by molar-refractivity contribution is 7.89. The van der Waals surface area contributed by atoms with E-state index < -0.39 is 34.1 Å². The average molecular weight is 528 g/mol. The molecule has 0 unspecified atom stereocenters. The topological polar surface area (TPSA) is 147 Å². The van der Waals surface area contributed by atoms with E-state index in [2.05, 4.69) is 9.97 Å². The predicted octanol–water partition coefficient (Wildman–Crippen LogP) is 2.92. The van der Waals surface area contributed by atoms with Gasteiger partial charge in [-0.05, 0) is 30.2 Å². The number of nitrogens with two attached hydrogens (primary N) is 1. The van der Waals surface area contributed by atoms with Crippen LogP contribution in [0.4, 0.5) is 23.4 Å². The Kier molecular flexibility index (Phi) is 7.91. The molecule has 192 valence electrons. The minimum atomic E-state index is -5.08. The number of nitrogen functional groups attached to an aromatic ring is 1. The number of alkyl halides is 3. The van der Waals surface area contributed by atoms with Crippen LogP contribution in [-0.2, 0) is 14.8 Å². The van der Waals surface area contributed by atoms with Crippen LogP contribution in [-0.4, -0.2) is 64.2 Å². The van der Waals surface area contributed by atoms with E-state index in [-0.39, 0.29) is 29.4 Å².